The van der Waals surface area contributed by atoms with Crippen LogP contribution in [-0.2, 0) is 4.79 Å². The van der Waals surface area contributed by atoms with Crippen molar-refractivity contribution in [1.82, 2.24) is 0 Å². The summed E-state index contributed by atoms with van der Waals surface area (Å²) in [4.78, 5) is 10.9. The van der Waals surface area contributed by atoms with Gasteiger partial charge in [-0.1, -0.05) is 35.0 Å². The number of carbonyl (C=O) groups is 1. The summed E-state index contributed by atoms with van der Waals surface area (Å²) in [5.74, 6) is 0. The van der Waals surface area contributed by atoms with Crippen molar-refractivity contribution in [3.8, 4) is 0 Å². The highest BCUT2D eigenvalue weighted by Gasteiger charge is 1.98. The second-order valence-electron chi connectivity index (χ2n) is 1.79. The van der Waals surface area contributed by atoms with Gasteiger partial charge in [0.2, 0.25) is 0 Å². The summed E-state index contributed by atoms with van der Waals surface area (Å²) in [5.41, 5.74) is 0.750. The monoisotopic (exact) mass is 206 g/mol. The second-order valence-corrected chi connectivity index (χ2v) is 3.50. The summed E-state index contributed by atoms with van der Waals surface area (Å²) >= 11 is 12.4. The fourth-order valence-corrected chi connectivity index (χ4v) is 1.41. The van der Waals surface area contributed by atoms with E-state index in [1.54, 1.807) is 18.2 Å². The highest BCUT2D eigenvalue weighted by atomic mass is 35.5. The van der Waals surface area contributed by atoms with Gasteiger partial charge >= 0.3 is 0 Å². The van der Waals surface area contributed by atoms with Crippen LogP contribution < -0.4 is 0 Å². The van der Waals surface area contributed by atoms with Crippen molar-refractivity contribution < 1.29 is 4.79 Å². The molecule has 1 aromatic rings. The van der Waals surface area contributed by atoms with Crippen molar-refractivity contribution in [2.24, 2.45) is 0 Å². The quantitative estimate of drug-likeness (QED) is 0.546. The van der Waals surface area contributed by atoms with Gasteiger partial charge in [-0.2, -0.15) is 0 Å². The first-order chi connectivity index (χ1) is 5.24. The van der Waals surface area contributed by atoms with Gasteiger partial charge < -0.3 is 0 Å². The van der Waals surface area contributed by atoms with E-state index in [2.05, 4.69) is 0 Å². The Bertz CT molecular complexity index is 275. The van der Waals surface area contributed by atoms with Gasteiger partial charge in [0.25, 0.3) is 0 Å². The Hall–Kier alpha value is -0.180. The number of rotatable bonds is 2. The minimum absolute atomic E-state index is 0.471. The zero-order valence-corrected chi connectivity index (χ0v) is 7.71. The molecular formula is C7H4Cl2OS. The number of thioether (sulfide) groups is 1. The van der Waals surface area contributed by atoms with E-state index in [-0.39, 0.29) is 0 Å². The predicted molar refractivity (Wildman–Crippen MR) is 49.1 cm³/mol. The molecule has 0 fully saturated rings. The standard InChI is InChI=1S/C7H4Cl2OS/c8-6-2-1-5(11-4-10)3-7(6)9/h1-4H. The molecule has 0 amide bonds. The molecular weight excluding hydrogens is 203 g/mol. The first kappa shape index (κ1) is 8.91. The second kappa shape index (κ2) is 4.00. The SMILES string of the molecule is O=CSc1ccc(Cl)c(Cl)c1. The van der Waals surface area contributed by atoms with Crippen LogP contribution in [-0.4, -0.2) is 5.62 Å². The Morgan fingerprint density at radius 3 is 2.55 bits per heavy atom. The molecule has 0 radical (unpaired) electrons. The molecule has 1 nitrogen and oxygen atoms in total. The van der Waals surface area contributed by atoms with Crippen LogP contribution >= 0.6 is 35.0 Å². The Kier molecular flexibility index (Phi) is 3.24. The smallest absolute Gasteiger partial charge is 0.180 e. The van der Waals surface area contributed by atoms with Gasteiger partial charge in [-0.05, 0) is 18.2 Å². The Balaban J connectivity index is 2.95. The number of halogens is 2. The third-order valence-electron chi connectivity index (χ3n) is 1.08. The van der Waals surface area contributed by atoms with Crippen molar-refractivity contribution in [1.29, 1.82) is 0 Å². The summed E-state index contributed by atoms with van der Waals surface area (Å²) in [6.07, 6.45) is 0. The summed E-state index contributed by atoms with van der Waals surface area (Å²) in [5, 5.41) is 0.973. The van der Waals surface area contributed by atoms with Crippen LogP contribution in [0.15, 0.2) is 23.1 Å². The zero-order chi connectivity index (χ0) is 8.27. The van der Waals surface area contributed by atoms with Crippen LogP contribution in [0.1, 0.15) is 0 Å². The highest BCUT2D eigenvalue weighted by Crippen LogP contribution is 2.26. The fraction of sp³-hybridized carbons (Fsp3) is 0. The van der Waals surface area contributed by atoms with E-state index >= 15 is 0 Å². The van der Waals surface area contributed by atoms with Crippen LogP contribution in [0.3, 0.4) is 0 Å². The Morgan fingerprint density at radius 1 is 1.27 bits per heavy atom. The first-order valence-corrected chi connectivity index (χ1v) is 4.43. The largest absolute Gasteiger partial charge is 0.291 e. The molecule has 0 aliphatic rings. The van der Waals surface area contributed by atoms with Gasteiger partial charge in [0.1, 0.15) is 0 Å². The highest BCUT2D eigenvalue weighted by molar-refractivity contribution is 8.11. The summed E-state index contributed by atoms with van der Waals surface area (Å²) in [6.45, 7) is 0. The van der Waals surface area contributed by atoms with Crippen molar-refractivity contribution in [3.63, 3.8) is 0 Å². The average Bonchev–Trinajstić information content (AvgIpc) is 1.98. The summed E-state index contributed by atoms with van der Waals surface area (Å²) < 4.78 is 0. The van der Waals surface area contributed by atoms with E-state index in [1.165, 1.54) is 0 Å². The van der Waals surface area contributed by atoms with E-state index in [9.17, 15) is 4.79 Å². The topological polar surface area (TPSA) is 17.1 Å². The molecule has 0 bridgehead atoms. The van der Waals surface area contributed by atoms with Gasteiger partial charge in [-0.3, -0.25) is 4.79 Å². The van der Waals surface area contributed by atoms with Crippen molar-refractivity contribution >= 4 is 40.6 Å². The van der Waals surface area contributed by atoms with Gasteiger partial charge in [-0.15, -0.1) is 0 Å². The third kappa shape index (κ3) is 2.40. The fourth-order valence-electron chi connectivity index (χ4n) is 0.606. The molecule has 1 aromatic carbocycles. The van der Waals surface area contributed by atoms with Gasteiger partial charge in [0.05, 0.1) is 10.0 Å². The molecule has 58 valence electrons. The van der Waals surface area contributed by atoms with Gasteiger partial charge in [0, 0.05) is 4.90 Å². The molecule has 0 aliphatic heterocycles. The van der Waals surface area contributed by atoms with Crippen molar-refractivity contribution in [2.75, 3.05) is 0 Å². The van der Waals surface area contributed by atoms with Gasteiger partial charge in [-0.25, -0.2) is 0 Å². The summed E-state index contributed by atoms with van der Waals surface area (Å²) in [7, 11) is 0. The molecule has 0 heterocycles. The van der Waals surface area contributed by atoms with E-state index in [1.807, 2.05) is 0 Å². The molecule has 0 spiro atoms. The maximum atomic E-state index is 10.1. The number of carbonyl (C=O) groups excluding carboxylic acids is 1. The molecule has 0 unspecified atom stereocenters. The first-order valence-electron chi connectivity index (χ1n) is 2.79. The van der Waals surface area contributed by atoms with Crippen LogP contribution in [0, 0.1) is 0 Å². The predicted octanol–water partition coefficient (Wildman–Crippen LogP) is 3.28. The number of hydrogen-bond donors (Lipinski definition) is 0. The van der Waals surface area contributed by atoms with Crippen LogP contribution in [0.25, 0.3) is 0 Å². The molecule has 0 aromatic heterocycles. The third-order valence-corrected chi connectivity index (χ3v) is 2.44. The molecule has 0 saturated heterocycles. The van der Waals surface area contributed by atoms with E-state index in [0.717, 1.165) is 22.3 Å². The molecule has 0 aliphatic carbocycles. The molecule has 0 saturated carbocycles. The number of benzene rings is 1. The van der Waals surface area contributed by atoms with Crippen LogP contribution in [0.4, 0.5) is 0 Å². The van der Waals surface area contributed by atoms with E-state index < -0.39 is 0 Å². The lowest BCUT2D eigenvalue weighted by Crippen LogP contribution is -1.72. The average molecular weight is 207 g/mol. The minimum Gasteiger partial charge on any atom is -0.291 e. The van der Waals surface area contributed by atoms with Crippen molar-refractivity contribution in [3.05, 3.63) is 28.2 Å². The van der Waals surface area contributed by atoms with Crippen molar-refractivity contribution in [2.45, 2.75) is 4.90 Å². The zero-order valence-electron chi connectivity index (χ0n) is 5.38. The van der Waals surface area contributed by atoms with Crippen LogP contribution in [0.5, 0.6) is 0 Å². The Morgan fingerprint density at radius 2 is 2.00 bits per heavy atom. The minimum atomic E-state index is 0.471. The molecule has 0 atom stereocenters. The molecule has 4 heteroatoms. The summed E-state index contributed by atoms with van der Waals surface area (Å²) in [6, 6.07) is 5.06. The number of hydrogen-bond acceptors (Lipinski definition) is 2. The lowest BCUT2D eigenvalue weighted by molar-refractivity contribution is 0.570. The molecule has 0 N–H and O–H groups in total. The molecule has 1 rings (SSSR count). The normalized spacial score (nSPS) is 9.64. The van der Waals surface area contributed by atoms with E-state index in [4.69, 9.17) is 23.2 Å². The van der Waals surface area contributed by atoms with E-state index in [0.29, 0.717) is 10.0 Å². The van der Waals surface area contributed by atoms with Crippen LogP contribution in [0.2, 0.25) is 10.0 Å². The molecule has 11 heavy (non-hydrogen) atoms. The lowest BCUT2D eigenvalue weighted by atomic mass is 10.4. The van der Waals surface area contributed by atoms with Gasteiger partial charge in [0.15, 0.2) is 5.62 Å². The maximum absolute atomic E-state index is 10.1. The lowest BCUT2D eigenvalue weighted by Gasteiger charge is -1.96. The Labute approximate surface area is 78.7 Å². The maximum Gasteiger partial charge on any atom is 0.180 e.